The first kappa shape index (κ1) is 67.4. The minimum Gasteiger partial charge on any atom is -0.368 e. The fraction of sp³-hybridized carbons (Fsp3) is 0.792. The van der Waals surface area contributed by atoms with Crippen LogP contribution >= 0.6 is 22.9 Å². The van der Waals surface area contributed by atoms with Crippen molar-refractivity contribution in [2.24, 2.45) is 5.41 Å². The summed E-state index contributed by atoms with van der Waals surface area (Å²) < 4.78 is 0. The first-order valence-electron chi connectivity index (χ1n) is 34.7. The van der Waals surface area contributed by atoms with Gasteiger partial charge in [0.15, 0.2) is 0 Å². The van der Waals surface area contributed by atoms with E-state index in [1.54, 1.807) is 17.5 Å². The molecule has 1 aliphatic heterocycles. The average molecular weight is 1130 g/mol. The molecule has 2 fully saturated rings. The molecule has 2 aromatic heterocycles. The van der Waals surface area contributed by atoms with Crippen LogP contribution in [0, 0.1) is 12.3 Å². The Bertz CT molecular complexity index is 1880. The van der Waals surface area contributed by atoms with Crippen molar-refractivity contribution < 1.29 is 4.79 Å². The second-order valence-electron chi connectivity index (χ2n) is 25.6. The molecule has 3 aromatic rings. The zero-order chi connectivity index (χ0) is 55.4. The lowest BCUT2D eigenvalue weighted by Crippen LogP contribution is -2.47. The summed E-state index contributed by atoms with van der Waals surface area (Å²) in [5.74, 6) is 0.920. The van der Waals surface area contributed by atoms with E-state index in [-0.39, 0.29) is 17.4 Å². The van der Waals surface area contributed by atoms with Crippen LogP contribution in [0.2, 0.25) is 5.02 Å². The minimum atomic E-state index is 0.0323. The molecule has 5 rings (SSSR count). The molecule has 1 unspecified atom stereocenters. The number of amides is 1. The number of halogens is 1. The van der Waals surface area contributed by atoms with E-state index in [1.165, 1.54) is 315 Å². The number of nitrogens with zero attached hydrogens (tertiary/aromatic N) is 3. The number of benzene rings is 1. The van der Waals surface area contributed by atoms with E-state index < -0.39 is 0 Å². The Balaban J connectivity index is 1.11. The lowest BCUT2D eigenvalue weighted by molar-refractivity contribution is 0.0599. The highest BCUT2D eigenvalue weighted by Crippen LogP contribution is 2.47. The molecular formula is C72H121ClN4OS. The highest BCUT2D eigenvalue weighted by atomic mass is 35.5. The number of aryl methyl sites for hydroxylation is 1. The van der Waals surface area contributed by atoms with Crippen molar-refractivity contribution in [3.8, 4) is 10.4 Å². The zero-order valence-corrected chi connectivity index (χ0v) is 53.0. The molecule has 1 N–H and O–H groups in total. The van der Waals surface area contributed by atoms with Crippen molar-refractivity contribution in [3.63, 3.8) is 0 Å². The third kappa shape index (κ3) is 31.2. The van der Waals surface area contributed by atoms with Gasteiger partial charge in [0.25, 0.3) is 5.91 Å². The number of anilines is 1. The Morgan fingerprint density at radius 2 is 0.835 bits per heavy atom. The molecule has 1 amide bonds. The molecule has 0 bridgehead atoms. The molecule has 1 aliphatic carbocycles. The molecule has 5 nitrogen and oxygen atoms in total. The summed E-state index contributed by atoms with van der Waals surface area (Å²) in [6, 6.07) is 14.4. The van der Waals surface area contributed by atoms with Gasteiger partial charge in [0.2, 0.25) is 0 Å². The maximum Gasteiger partial charge on any atom is 0.274 e. The number of hydrogen-bond donors (Lipinski definition) is 1. The lowest BCUT2D eigenvalue weighted by Gasteiger charge is -2.39. The van der Waals surface area contributed by atoms with E-state index >= 15 is 4.79 Å². The summed E-state index contributed by atoms with van der Waals surface area (Å²) in [6.07, 6.45) is 74.3. The Labute approximate surface area is 497 Å². The van der Waals surface area contributed by atoms with E-state index in [2.05, 4.69) is 52.5 Å². The molecule has 2 aliphatic rings. The predicted molar refractivity (Wildman–Crippen MR) is 347 cm³/mol. The van der Waals surface area contributed by atoms with Gasteiger partial charge in [0.05, 0.1) is 14.9 Å². The summed E-state index contributed by atoms with van der Waals surface area (Å²) in [7, 11) is 0. The largest absolute Gasteiger partial charge is 0.368 e. The Hall–Kier alpha value is -2.44. The Morgan fingerprint density at radius 1 is 0.494 bits per heavy atom. The van der Waals surface area contributed by atoms with Gasteiger partial charge in [-0.25, -0.2) is 9.97 Å². The lowest BCUT2D eigenvalue weighted by atomic mass is 9.75. The standard InChI is InChI=1S/C72H121ClN4OS/c1-64-76-69(70(79-64)65-53-47-46-48-54-65)71(78)77-60-52-45-43-41-39-37-35-33-31-29-27-25-23-21-19-17-15-13-11-9-7-5-3-2-4-6-8-10-12-14-16-18-20-22-24-26-28-30-32-34-36-38-40-42-44-49-57-72(58-50-51-59-72)61-67(77)63-75-68-56-55-66(73)62-74-68/h46-48,53-56,62,67H,2-45,49-52,57-61,63H2,1H3,(H,74,75). The molecule has 1 atom stereocenters. The van der Waals surface area contributed by atoms with Gasteiger partial charge in [-0.3, -0.25) is 4.79 Å². The molecule has 1 spiro atoms. The third-order valence-corrected chi connectivity index (χ3v) is 19.9. The molecule has 0 radical (unpaired) electrons. The van der Waals surface area contributed by atoms with Gasteiger partial charge >= 0.3 is 0 Å². The Kier molecular flexibility index (Phi) is 38.4. The van der Waals surface area contributed by atoms with Gasteiger partial charge in [-0.05, 0) is 62.1 Å². The van der Waals surface area contributed by atoms with Gasteiger partial charge in [-0.15, -0.1) is 11.3 Å². The summed E-state index contributed by atoms with van der Waals surface area (Å²) in [5, 5.41) is 5.31. The zero-order valence-electron chi connectivity index (χ0n) is 51.4. The number of carbonyl (C=O) groups excluding carboxylic acids is 1. The number of carbonyl (C=O) groups is 1. The van der Waals surface area contributed by atoms with E-state index in [9.17, 15) is 0 Å². The van der Waals surface area contributed by atoms with Gasteiger partial charge in [0.1, 0.15) is 11.5 Å². The molecule has 448 valence electrons. The van der Waals surface area contributed by atoms with Crippen molar-refractivity contribution in [3.05, 3.63) is 64.4 Å². The van der Waals surface area contributed by atoms with Crippen molar-refractivity contribution in [2.75, 3.05) is 18.4 Å². The molecule has 1 aromatic carbocycles. The molecule has 3 heterocycles. The molecule has 79 heavy (non-hydrogen) atoms. The van der Waals surface area contributed by atoms with Crippen LogP contribution in [-0.2, 0) is 0 Å². The van der Waals surface area contributed by atoms with Crippen molar-refractivity contribution >= 4 is 34.7 Å². The van der Waals surface area contributed by atoms with Crippen LogP contribution < -0.4 is 5.32 Å². The maximum absolute atomic E-state index is 15.3. The monoisotopic (exact) mass is 1120 g/mol. The van der Waals surface area contributed by atoms with Crippen LogP contribution in [0.15, 0.2) is 48.7 Å². The van der Waals surface area contributed by atoms with Crippen LogP contribution in [0.5, 0.6) is 0 Å². The van der Waals surface area contributed by atoms with E-state index in [0.717, 1.165) is 47.1 Å². The summed E-state index contributed by atoms with van der Waals surface area (Å²) in [6.45, 7) is 3.49. The van der Waals surface area contributed by atoms with Gasteiger partial charge < -0.3 is 10.2 Å². The van der Waals surface area contributed by atoms with Crippen LogP contribution in [-0.4, -0.2) is 39.9 Å². The van der Waals surface area contributed by atoms with Gasteiger partial charge in [-0.2, -0.15) is 0 Å². The average Bonchev–Trinajstić information content (AvgIpc) is 4.18. The SMILES string of the molecule is Cc1nc(C(=O)N2CCCCCCCCCCCCCCCCCCCCCCCCCCCCCCCCCCCCCCCCCCCCCCCCC3(CCCC3)CC2CNc2ccc(Cl)cn2)c(-c2ccccc2)s1. The second kappa shape index (κ2) is 45.1. The smallest absolute Gasteiger partial charge is 0.274 e. The highest BCUT2D eigenvalue weighted by molar-refractivity contribution is 7.15. The number of thiazole rings is 1. The third-order valence-electron chi connectivity index (χ3n) is 18.6. The predicted octanol–water partition coefficient (Wildman–Crippen LogP) is 24.4. The number of pyridine rings is 1. The number of nitrogens with one attached hydrogen (secondary N) is 1. The van der Waals surface area contributed by atoms with Crippen molar-refractivity contribution in [2.45, 2.75) is 347 Å². The molecule has 1 saturated carbocycles. The number of aromatic nitrogens is 2. The van der Waals surface area contributed by atoms with Crippen LogP contribution in [0.3, 0.4) is 0 Å². The summed E-state index contributed by atoms with van der Waals surface area (Å²) in [5.41, 5.74) is 1.98. The van der Waals surface area contributed by atoms with E-state index in [1.807, 2.05) is 12.1 Å². The fourth-order valence-electron chi connectivity index (χ4n) is 13.7. The first-order valence-corrected chi connectivity index (χ1v) is 35.9. The molecule has 7 heteroatoms. The molecule has 1 saturated heterocycles. The summed E-state index contributed by atoms with van der Waals surface area (Å²) >= 11 is 7.97. The minimum absolute atomic E-state index is 0.0323. The van der Waals surface area contributed by atoms with Crippen molar-refractivity contribution in [1.29, 1.82) is 0 Å². The second-order valence-corrected chi connectivity index (χ2v) is 27.2. The first-order chi connectivity index (χ1) is 39.0. The maximum atomic E-state index is 15.3. The topological polar surface area (TPSA) is 58.1 Å². The van der Waals surface area contributed by atoms with Gasteiger partial charge in [-0.1, -0.05) is 344 Å². The van der Waals surface area contributed by atoms with E-state index in [0.29, 0.717) is 17.3 Å². The summed E-state index contributed by atoms with van der Waals surface area (Å²) in [4.78, 5) is 28.3. The highest BCUT2D eigenvalue weighted by Gasteiger charge is 2.39. The van der Waals surface area contributed by atoms with Gasteiger partial charge in [0, 0.05) is 25.3 Å². The molecular weight excluding hydrogens is 1000 g/mol. The number of rotatable bonds is 5. The fourth-order valence-corrected chi connectivity index (χ4v) is 14.7. The Morgan fingerprint density at radius 3 is 1.19 bits per heavy atom. The normalized spacial score (nSPS) is 22.2. The van der Waals surface area contributed by atoms with Crippen molar-refractivity contribution in [1.82, 2.24) is 14.9 Å². The van der Waals surface area contributed by atoms with Crippen LogP contribution in [0.25, 0.3) is 10.4 Å². The van der Waals surface area contributed by atoms with E-state index in [4.69, 9.17) is 16.6 Å². The number of hydrogen-bond acceptors (Lipinski definition) is 5. The van der Waals surface area contributed by atoms with Crippen LogP contribution in [0.1, 0.15) is 349 Å². The quantitative estimate of drug-likeness (QED) is 0.277. The van der Waals surface area contributed by atoms with Crippen LogP contribution in [0.4, 0.5) is 5.82 Å².